The lowest BCUT2D eigenvalue weighted by molar-refractivity contribution is 0.0928. The summed E-state index contributed by atoms with van der Waals surface area (Å²) in [6.45, 7) is 2.51. The molecule has 4 nitrogen and oxygen atoms in total. The Hall–Kier alpha value is -2.33. The Morgan fingerprint density at radius 3 is 2.52 bits per heavy atom. The van der Waals surface area contributed by atoms with Crippen LogP contribution in [-0.2, 0) is 0 Å². The highest BCUT2D eigenvalue weighted by Gasteiger charge is 2.18. The van der Waals surface area contributed by atoms with E-state index in [0.717, 1.165) is 5.56 Å². The Morgan fingerprint density at radius 1 is 1.13 bits per heavy atom. The highest BCUT2D eigenvalue weighted by atomic mass is 16.5. The van der Waals surface area contributed by atoms with Gasteiger partial charge in [0, 0.05) is 6.61 Å². The molecular weight excluding hydrogens is 290 g/mol. The summed E-state index contributed by atoms with van der Waals surface area (Å²) < 4.78 is 5.53. The largest absolute Gasteiger partial charge is 0.493 e. The quantitative estimate of drug-likeness (QED) is 0.786. The van der Waals surface area contributed by atoms with Gasteiger partial charge in [-0.1, -0.05) is 42.5 Å². The lowest BCUT2D eigenvalue weighted by Crippen LogP contribution is -2.29. The molecule has 2 aromatic carbocycles. The summed E-state index contributed by atoms with van der Waals surface area (Å²) in [5.41, 5.74) is 1.56. The maximum Gasteiger partial charge on any atom is 0.255 e. The molecule has 0 spiro atoms. The summed E-state index contributed by atoms with van der Waals surface area (Å²) in [5.74, 6) is 0.419. The molecule has 23 heavy (non-hydrogen) atoms. The molecule has 2 N–H and O–H groups in total. The number of para-hydroxylation sites is 1. The van der Waals surface area contributed by atoms with Crippen LogP contribution in [0.5, 0.6) is 5.75 Å². The number of amides is 1. The van der Waals surface area contributed by atoms with Crippen molar-refractivity contribution >= 4 is 5.91 Å². The number of benzene rings is 2. The summed E-state index contributed by atoms with van der Waals surface area (Å²) in [6.07, 6.45) is 1.32. The van der Waals surface area contributed by atoms with Crippen molar-refractivity contribution < 1.29 is 14.6 Å². The molecule has 0 aliphatic heterocycles. The van der Waals surface area contributed by atoms with Crippen molar-refractivity contribution in [3.63, 3.8) is 0 Å². The number of hydrogen-bond donors (Lipinski definition) is 2. The molecule has 0 aromatic heterocycles. The van der Waals surface area contributed by atoms with Crippen molar-refractivity contribution in [3.05, 3.63) is 65.7 Å². The number of aliphatic hydroxyl groups is 1. The Bertz CT molecular complexity index is 613. The molecule has 0 bridgehead atoms. The van der Waals surface area contributed by atoms with Gasteiger partial charge in [0.1, 0.15) is 5.75 Å². The molecule has 0 saturated carbocycles. The number of aliphatic hydroxyl groups excluding tert-OH is 1. The lowest BCUT2D eigenvalue weighted by atomic mass is 10.0. The Morgan fingerprint density at radius 2 is 1.83 bits per heavy atom. The van der Waals surface area contributed by atoms with Crippen molar-refractivity contribution in [1.82, 2.24) is 5.32 Å². The predicted octanol–water partition coefficient (Wildman–Crippen LogP) is 3.33. The zero-order valence-electron chi connectivity index (χ0n) is 13.4. The normalized spacial score (nSPS) is 11.7. The molecule has 0 fully saturated rings. The van der Waals surface area contributed by atoms with Crippen LogP contribution in [-0.4, -0.2) is 24.2 Å². The molecule has 2 aromatic rings. The third-order valence-electron chi connectivity index (χ3n) is 3.59. The van der Waals surface area contributed by atoms with Gasteiger partial charge in [0.25, 0.3) is 5.91 Å². The topological polar surface area (TPSA) is 58.6 Å². The van der Waals surface area contributed by atoms with E-state index in [9.17, 15) is 4.79 Å². The first-order chi connectivity index (χ1) is 11.3. The highest BCUT2D eigenvalue weighted by Crippen LogP contribution is 2.22. The zero-order chi connectivity index (χ0) is 16.5. The predicted molar refractivity (Wildman–Crippen MR) is 90.6 cm³/mol. The van der Waals surface area contributed by atoms with E-state index >= 15 is 0 Å². The van der Waals surface area contributed by atoms with Crippen LogP contribution in [0.2, 0.25) is 0 Å². The fourth-order valence-corrected chi connectivity index (χ4v) is 2.47. The number of carbonyl (C=O) groups is 1. The minimum atomic E-state index is -0.166. The molecule has 1 unspecified atom stereocenters. The second-order valence-corrected chi connectivity index (χ2v) is 5.23. The third-order valence-corrected chi connectivity index (χ3v) is 3.59. The summed E-state index contributed by atoms with van der Waals surface area (Å²) in [5, 5.41) is 12.1. The van der Waals surface area contributed by atoms with Gasteiger partial charge < -0.3 is 15.2 Å². The summed E-state index contributed by atoms with van der Waals surface area (Å²) in [7, 11) is 0. The van der Waals surface area contributed by atoms with Gasteiger partial charge in [0.2, 0.25) is 0 Å². The Balaban J connectivity index is 2.17. The summed E-state index contributed by atoms with van der Waals surface area (Å²) in [6, 6.07) is 16.9. The fourth-order valence-electron chi connectivity index (χ4n) is 2.47. The first-order valence-electron chi connectivity index (χ1n) is 7.94. The molecule has 4 heteroatoms. The van der Waals surface area contributed by atoms with Crippen molar-refractivity contribution in [2.75, 3.05) is 13.2 Å². The molecule has 122 valence electrons. The van der Waals surface area contributed by atoms with E-state index in [2.05, 4.69) is 5.32 Å². The second-order valence-electron chi connectivity index (χ2n) is 5.23. The van der Waals surface area contributed by atoms with Crippen LogP contribution in [0.15, 0.2) is 54.6 Å². The van der Waals surface area contributed by atoms with Gasteiger partial charge in [-0.3, -0.25) is 4.79 Å². The number of ether oxygens (including phenoxy) is 1. The van der Waals surface area contributed by atoms with Crippen LogP contribution >= 0.6 is 0 Å². The average molecular weight is 313 g/mol. The lowest BCUT2D eigenvalue weighted by Gasteiger charge is -2.20. The molecule has 1 atom stereocenters. The Kier molecular flexibility index (Phi) is 6.63. The van der Waals surface area contributed by atoms with E-state index in [0.29, 0.717) is 30.8 Å². The SMILES string of the molecule is CCOc1ccccc1C(=O)NC(CCCO)c1ccccc1. The molecule has 0 heterocycles. The molecule has 0 saturated heterocycles. The van der Waals surface area contributed by atoms with Crippen LogP contribution in [0, 0.1) is 0 Å². The van der Waals surface area contributed by atoms with Gasteiger partial charge in [-0.25, -0.2) is 0 Å². The first kappa shape index (κ1) is 17.0. The van der Waals surface area contributed by atoms with E-state index in [1.807, 2.05) is 49.4 Å². The number of hydrogen-bond acceptors (Lipinski definition) is 3. The van der Waals surface area contributed by atoms with Gasteiger partial charge in [0.15, 0.2) is 0 Å². The van der Waals surface area contributed by atoms with E-state index in [1.54, 1.807) is 12.1 Å². The molecule has 1 amide bonds. The fraction of sp³-hybridized carbons (Fsp3) is 0.316. The van der Waals surface area contributed by atoms with E-state index in [1.165, 1.54) is 0 Å². The van der Waals surface area contributed by atoms with Crippen molar-refractivity contribution in [3.8, 4) is 5.75 Å². The van der Waals surface area contributed by atoms with E-state index in [-0.39, 0.29) is 18.6 Å². The number of rotatable bonds is 8. The van der Waals surface area contributed by atoms with Gasteiger partial charge in [0.05, 0.1) is 18.2 Å². The number of nitrogens with one attached hydrogen (secondary N) is 1. The zero-order valence-corrected chi connectivity index (χ0v) is 13.4. The van der Waals surface area contributed by atoms with Gasteiger partial charge in [-0.15, -0.1) is 0 Å². The molecule has 2 rings (SSSR count). The average Bonchev–Trinajstić information content (AvgIpc) is 2.60. The second kappa shape index (κ2) is 8.96. The van der Waals surface area contributed by atoms with Crippen LogP contribution in [0.25, 0.3) is 0 Å². The van der Waals surface area contributed by atoms with E-state index < -0.39 is 0 Å². The first-order valence-corrected chi connectivity index (χ1v) is 7.94. The minimum absolute atomic E-state index is 0.106. The van der Waals surface area contributed by atoms with Crippen LogP contribution in [0.4, 0.5) is 0 Å². The van der Waals surface area contributed by atoms with Crippen molar-refractivity contribution in [1.29, 1.82) is 0 Å². The van der Waals surface area contributed by atoms with E-state index in [4.69, 9.17) is 9.84 Å². The highest BCUT2D eigenvalue weighted by molar-refractivity contribution is 5.97. The van der Waals surface area contributed by atoms with Crippen molar-refractivity contribution in [2.24, 2.45) is 0 Å². The van der Waals surface area contributed by atoms with Crippen LogP contribution in [0.3, 0.4) is 0 Å². The monoisotopic (exact) mass is 313 g/mol. The molecular formula is C19H23NO3. The summed E-state index contributed by atoms with van der Waals surface area (Å²) in [4.78, 5) is 12.6. The molecule has 0 aliphatic carbocycles. The van der Waals surface area contributed by atoms with Gasteiger partial charge in [-0.05, 0) is 37.5 Å². The molecule has 0 radical (unpaired) electrons. The number of carbonyl (C=O) groups excluding carboxylic acids is 1. The maximum absolute atomic E-state index is 12.6. The summed E-state index contributed by atoms with van der Waals surface area (Å²) >= 11 is 0. The smallest absolute Gasteiger partial charge is 0.255 e. The standard InChI is InChI=1S/C19H23NO3/c1-2-23-18-13-7-6-11-16(18)19(22)20-17(12-8-14-21)15-9-4-3-5-10-15/h3-7,9-11,13,17,21H,2,8,12,14H2,1H3,(H,20,22). The Labute approximate surface area is 137 Å². The minimum Gasteiger partial charge on any atom is -0.493 e. The van der Waals surface area contributed by atoms with Crippen LogP contribution < -0.4 is 10.1 Å². The van der Waals surface area contributed by atoms with Gasteiger partial charge in [-0.2, -0.15) is 0 Å². The maximum atomic E-state index is 12.6. The third kappa shape index (κ3) is 4.83. The van der Waals surface area contributed by atoms with Crippen molar-refractivity contribution in [2.45, 2.75) is 25.8 Å². The van der Waals surface area contributed by atoms with Gasteiger partial charge >= 0.3 is 0 Å². The van der Waals surface area contributed by atoms with Crippen LogP contribution in [0.1, 0.15) is 41.7 Å². The molecule has 0 aliphatic rings.